The fourth-order valence-corrected chi connectivity index (χ4v) is 6.01. The van der Waals surface area contributed by atoms with Crippen LogP contribution in [-0.2, 0) is 26.2 Å². The van der Waals surface area contributed by atoms with E-state index in [1.54, 1.807) is 59.7 Å². The fraction of sp³-hybridized carbons (Fsp3) is 0.543. The predicted octanol–water partition coefficient (Wildman–Crippen LogP) is 5.09. The zero-order valence-corrected chi connectivity index (χ0v) is 28.2. The number of esters is 1. The number of ether oxygens (including phenoxy) is 3. The molecule has 12 nitrogen and oxygen atoms in total. The minimum absolute atomic E-state index is 0.0252. The molecule has 2 aliphatic rings. The predicted molar refractivity (Wildman–Crippen MR) is 176 cm³/mol. The number of likely N-dealkylation sites (tertiary alicyclic amines) is 1. The number of hydrogen-bond donors (Lipinski definition) is 4. The van der Waals surface area contributed by atoms with E-state index in [0.717, 1.165) is 36.4 Å². The number of carbonyl (C=O) groups excluding carboxylic acids is 2. The van der Waals surface area contributed by atoms with Crippen LogP contribution in [0, 0.1) is 11.3 Å². The summed E-state index contributed by atoms with van der Waals surface area (Å²) in [6.45, 7) is 12.6. The number of aliphatic hydroxyl groups excluding tert-OH is 1. The lowest BCUT2D eigenvalue weighted by Crippen LogP contribution is -2.67. The summed E-state index contributed by atoms with van der Waals surface area (Å²) in [4.78, 5) is 43.0. The summed E-state index contributed by atoms with van der Waals surface area (Å²) in [6, 6.07) is 14.8. The molecule has 1 fully saturated rings. The molecule has 1 saturated heterocycles. The number of amidine groups is 1. The molecule has 0 aromatic heterocycles. The van der Waals surface area contributed by atoms with Gasteiger partial charge in [0.25, 0.3) is 0 Å². The molecule has 2 aromatic carbocycles. The zero-order chi connectivity index (χ0) is 34.6. The molecular formula is C35H48N4O8. The van der Waals surface area contributed by atoms with Crippen LogP contribution in [0.4, 0.5) is 9.59 Å². The highest BCUT2D eigenvalue weighted by Gasteiger charge is 2.58. The molecule has 0 aliphatic carbocycles. The van der Waals surface area contributed by atoms with Crippen molar-refractivity contribution in [2.24, 2.45) is 5.92 Å². The van der Waals surface area contributed by atoms with Crippen molar-refractivity contribution in [2.75, 3.05) is 32.8 Å². The molecule has 2 heterocycles. The van der Waals surface area contributed by atoms with Crippen LogP contribution in [0.3, 0.4) is 0 Å². The number of piperidine rings is 1. The third kappa shape index (κ3) is 8.81. The van der Waals surface area contributed by atoms with Gasteiger partial charge in [-0.3, -0.25) is 15.6 Å². The maximum atomic E-state index is 14.2. The van der Waals surface area contributed by atoms with Gasteiger partial charge in [0.1, 0.15) is 22.8 Å². The highest BCUT2D eigenvalue weighted by molar-refractivity contribution is 6.15. The number of hydrogen-bond acceptors (Lipinski definition) is 9. The largest absolute Gasteiger partial charge is 0.493 e. The van der Waals surface area contributed by atoms with Crippen molar-refractivity contribution in [2.45, 2.75) is 83.6 Å². The average Bonchev–Trinajstić information content (AvgIpc) is 2.98. The van der Waals surface area contributed by atoms with Gasteiger partial charge in [0, 0.05) is 18.7 Å². The lowest BCUT2D eigenvalue weighted by atomic mass is 9.79. The van der Waals surface area contributed by atoms with Gasteiger partial charge in [-0.15, -0.1) is 0 Å². The van der Waals surface area contributed by atoms with Crippen LogP contribution in [0.2, 0.25) is 0 Å². The highest BCUT2D eigenvalue weighted by atomic mass is 16.6. The lowest BCUT2D eigenvalue weighted by Gasteiger charge is -2.46. The van der Waals surface area contributed by atoms with E-state index >= 15 is 0 Å². The maximum absolute atomic E-state index is 14.2. The third-order valence-electron chi connectivity index (χ3n) is 8.19. The SMILES string of the molecule is CC(C)(C)OC(=O)N1CCc2ccc(OCC3CCN(CC(O)c4ccccc4)CC3)cc2C1(C(=N)NC(=O)O)C(=O)OC(C)(C)C. The van der Waals surface area contributed by atoms with Gasteiger partial charge in [-0.25, -0.2) is 14.4 Å². The normalized spacial score (nSPS) is 19.7. The minimum atomic E-state index is -2.29. The molecule has 12 heteroatoms. The molecule has 47 heavy (non-hydrogen) atoms. The number of nitrogens with one attached hydrogen (secondary N) is 2. The molecule has 0 bridgehead atoms. The number of rotatable bonds is 8. The van der Waals surface area contributed by atoms with Crippen LogP contribution in [0.25, 0.3) is 0 Å². The summed E-state index contributed by atoms with van der Waals surface area (Å²) in [6.07, 6.45) is -0.945. The summed E-state index contributed by atoms with van der Waals surface area (Å²) >= 11 is 0. The molecular weight excluding hydrogens is 604 g/mol. The Morgan fingerprint density at radius 2 is 1.62 bits per heavy atom. The number of β-amino-alcohol motifs (C(OH)–C–C–N with tert-alkyl or cyclic N) is 1. The smallest absolute Gasteiger partial charge is 0.411 e. The van der Waals surface area contributed by atoms with Crippen molar-refractivity contribution in [1.82, 2.24) is 15.1 Å². The second-order valence-corrected chi connectivity index (χ2v) is 14.2. The molecule has 2 unspecified atom stereocenters. The number of amides is 2. The Labute approximate surface area is 276 Å². The molecule has 256 valence electrons. The van der Waals surface area contributed by atoms with Gasteiger partial charge >= 0.3 is 18.2 Å². The average molecular weight is 653 g/mol. The molecule has 0 spiro atoms. The number of carbonyl (C=O) groups is 3. The number of aliphatic hydroxyl groups is 1. The molecule has 0 saturated carbocycles. The van der Waals surface area contributed by atoms with Crippen LogP contribution >= 0.6 is 0 Å². The van der Waals surface area contributed by atoms with Gasteiger partial charge in [-0.1, -0.05) is 36.4 Å². The Morgan fingerprint density at radius 3 is 2.21 bits per heavy atom. The van der Waals surface area contributed by atoms with Gasteiger partial charge < -0.3 is 29.3 Å². The molecule has 2 aliphatic heterocycles. The summed E-state index contributed by atoms with van der Waals surface area (Å²) in [5.74, 6) is -1.09. The Bertz CT molecular complexity index is 1440. The van der Waals surface area contributed by atoms with E-state index in [0.29, 0.717) is 30.9 Å². The van der Waals surface area contributed by atoms with Crippen LogP contribution in [-0.4, -0.2) is 88.0 Å². The first kappa shape index (κ1) is 35.7. The van der Waals surface area contributed by atoms with Crippen molar-refractivity contribution in [3.8, 4) is 5.75 Å². The van der Waals surface area contributed by atoms with Crippen molar-refractivity contribution in [3.05, 3.63) is 65.2 Å². The van der Waals surface area contributed by atoms with Crippen LogP contribution in [0.1, 0.15) is 77.2 Å². The standard InChI is InChI=1S/C35H48N4O8/c1-33(2,3)46-30(41)35(29(36)37-31(42)43)27-20-26(13-12-24(27)16-19-39(35)32(44)47-34(4,5)6)45-22-23-14-17-38(18-15-23)21-28(40)25-10-8-7-9-11-25/h7-13,20,23,28,40H,14-19,21-22H2,1-6H3,(H2,36,37)(H,42,43). The van der Waals surface area contributed by atoms with E-state index in [2.05, 4.69) is 4.90 Å². The van der Waals surface area contributed by atoms with E-state index in [4.69, 9.17) is 19.6 Å². The van der Waals surface area contributed by atoms with Crippen molar-refractivity contribution in [3.63, 3.8) is 0 Å². The highest BCUT2D eigenvalue weighted by Crippen LogP contribution is 2.41. The van der Waals surface area contributed by atoms with E-state index in [1.807, 2.05) is 35.6 Å². The topological polar surface area (TPSA) is 162 Å². The van der Waals surface area contributed by atoms with E-state index < -0.39 is 46.8 Å². The number of benzene rings is 2. The monoisotopic (exact) mass is 652 g/mol. The quantitative estimate of drug-likeness (QED) is 0.173. The Kier molecular flexibility index (Phi) is 10.9. The molecule has 4 rings (SSSR count). The summed E-state index contributed by atoms with van der Waals surface area (Å²) in [7, 11) is 0. The number of carboxylic acid groups (broad SMARTS) is 1. The second-order valence-electron chi connectivity index (χ2n) is 14.2. The van der Waals surface area contributed by atoms with Gasteiger partial charge in [-0.05, 0) is 103 Å². The molecule has 0 radical (unpaired) electrons. The fourth-order valence-electron chi connectivity index (χ4n) is 6.01. The first-order chi connectivity index (χ1) is 22.0. The van der Waals surface area contributed by atoms with Gasteiger partial charge in [0.15, 0.2) is 0 Å². The van der Waals surface area contributed by atoms with Gasteiger partial charge in [0.05, 0.1) is 12.7 Å². The van der Waals surface area contributed by atoms with Crippen LogP contribution in [0.5, 0.6) is 5.75 Å². The summed E-state index contributed by atoms with van der Waals surface area (Å²) in [5, 5.41) is 31.2. The first-order valence-electron chi connectivity index (χ1n) is 16.0. The zero-order valence-electron chi connectivity index (χ0n) is 28.2. The Morgan fingerprint density at radius 1 is 0.979 bits per heavy atom. The summed E-state index contributed by atoms with van der Waals surface area (Å²) < 4.78 is 17.7. The van der Waals surface area contributed by atoms with Gasteiger partial charge in [0.2, 0.25) is 5.54 Å². The van der Waals surface area contributed by atoms with Crippen molar-refractivity contribution >= 4 is 24.0 Å². The van der Waals surface area contributed by atoms with Crippen LogP contribution < -0.4 is 10.1 Å². The Hall–Kier alpha value is -4.16. The first-order valence-corrected chi connectivity index (χ1v) is 16.0. The molecule has 2 amide bonds. The molecule has 2 atom stereocenters. The van der Waals surface area contributed by atoms with E-state index in [1.165, 1.54) is 0 Å². The summed E-state index contributed by atoms with van der Waals surface area (Å²) in [5.41, 5.74) is -2.49. The van der Waals surface area contributed by atoms with Crippen molar-refractivity contribution in [1.29, 1.82) is 5.41 Å². The maximum Gasteiger partial charge on any atom is 0.411 e. The molecule has 2 aromatic rings. The van der Waals surface area contributed by atoms with E-state index in [9.17, 15) is 24.6 Å². The van der Waals surface area contributed by atoms with Gasteiger partial charge in [-0.2, -0.15) is 0 Å². The number of nitrogens with zero attached hydrogens (tertiary/aromatic N) is 2. The Balaban J connectivity index is 1.59. The molecule has 4 N–H and O–H groups in total. The van der Waals surface area contributed by atoms with E-state index in [-0.39, 0.29) is 18.0 Å². The second kappa shape index (κ2) is 14.3. The van der Waals surface area contributed by atoms with Crippen LogP contribution in [0.15, 0.2) is 48.5 Å². The lowest BCUT2D eigenvalue weighted by molar-refractivity contribution is -0.166. The third-order valence-corrected chi connectivity index (χ3v) is 8.19. The minimum Gasteiger partial charge on any atom is -0.493 e. The van der Waals surface area contributed by atoms with Crippen molar-refractivity contribution < 1.29 is 38.8 Å². The number of fused-ring (bicyclic) bond motifs is 1.